The molecule has 1 saturated heterocycles. The molecule has 0 aliphatic carbocycles. The number of carbonyl (C=O) groups is 2. The third kappa shape index (κ3) is 5.37. The summed E-state index contributed by atoms with van der Waals surface area (Å²) >= 11 is 5.94. The highest BCUT2D eigenvalue weighted by Gasteiger charge is 2.26. The Morgan fingerprint density at radius 3 is 2.19 bits per heavy atom. The number of hydrogen-bond acceptors (Lipinski definition) is 3. The number of rotatable bonds is 5. The number of benzene rings is 1. The molecule has 0 saturated carbocycles. The summed E-state index contributed by atoms with van der Waals surface area (Å²) in [6.45, 7) is 9.15. The zero-order valence-corrected chi connectivity index (χ0v) is 19.3. The highest BCUT2D eigenvalue weighted by atomic mass is 35.5. The predicted octanol–water partition coefficient (Wildman–Crippen LogP) is 4.45. The van der Waals surface area contributed by atoms with E-state index in [4.69, 9.17) is 11.6 Å². The van der Waals surface area contributed by atoms with Crippen LogP contribution in [0.15, 0.2) is 41.5 Å². The maximum atomic E-state index is 13.2. The van der Waals surface area contributed by atoms with E-state index >= 15 is 0 Å². The Hall–Kier alpha value is -2.60. The average Bonchev–Trinajstić information content (AvgIpc) is 2.74. The van der Waals surface area contributed by atoms with Gasteiger partial charge in [0.1, 0.15) is 11.1 Å². The Balaban J connectivity index is 1.90. The Morgan fingerprint density at radius 2 is 1.61 bits per heavy atom. The standard InChI is InChI=1S/C24H30ClN3O3/c1-15(2)28-13-20(23(30)26-17(4)18-5-7-19(25)8-6-18)22(29)21(14-28)24(31)27-11-9-16(3)10-12-27/h5-8,13-17H,9-12H2,1-4H3,(H,26,30). The van der Waals surface area contributed by atoms with Crippen LogP contribution in [0.25, 0.3) is 0 Å². The first-order valence-electron chi connectivity index (χ1n) is 10.8. The smallest absolute Gasteiger partial charge is 0.259 e. The Kier molecular flexibility index (Phi) is 7.21. The minimum absolute atomic E-state index is 0.00577. The maximum Gasteiger partial charge on any atom is 0.259 e. The summed E-state index contributed by atoms with van der Waals surface area (Å²) in [5, 5.41) is 3.48. The number of aromatic nitrogens is 1. The van der Waals surface area contributed by atoms with Crippen LogP contribution in [0, 0.1) is 5.92 Å². The van der Waals surface area contributed by atoms with Gasteiger partial charge >= 0.3 is 0 Å². The second-order valence-electron chi connectivity index (χ2n) is 8.68. The van der Waals surface area contributed by atoms with Gasteiger partial charge in [0.25, 0.3) is 11.8 Å². The van der Waals surface area contributed by atoms with Crippen LogP contribution >= 0.6 is 11.6 Å². The molecule has 1 N–H and O–H groups in total. The monoisotopic (exact) mass is 443 g/mol. The van der Waals surface area contributed by atoms with Gasteiger partial charge < -0.3 is 14.8 Å². The van der Waals surface area contributed by atoms with E-state index in [-0.39, 0.29) is 29.1 Å². The van der Waals surface area contributed by atoms with Crippen LogP contribution in [0.4, 0.5) is 0 Å². The van der Waals surface area contributed by atoms with Crippen LogP contribution in [0.1, 0.15) is 78.9 Å². The van der Waals surface area contributed by atoms with Gasteiger partial charge in [-0.15, -0.1) is 0 Å². The van der Waals surface area contributed by atoms with Crippen LogP contribution in [-0.4, -0.2) is 34.4 Å². The third-order valence-electron chi connectivity index (χ3n) is 5.91. The van der Waals surface area contributed by atoms with Crippen LogP contribution in [0.2, 0.25) is 5.02 Å². The quantitative estimate of drug-likeness (QED) is 0.742. The van der Waals surface area contributed by atoms with Crippen molar-refractivity contribution in [1.29, 1.82) is 0 Å². The van der Waals surface area contributed by atoms with E-state index in [0.29, 0.717) is 24.0 Å². The lowest BCUT2D eigenvalue weighted by Gasteiger charge is -2.30. The molecule has 2 amide bonds. The molecule has 166 valence electrons. The van der Waals surface area contributed by atoms with Crippen molar-refractivity contribution < 1.29 is 9.59 Å². The normalized spacial score (nSPS) is 15.7. The fourth-order valence-electron chi connectivity index (χ4n) is 3.70. The lowest BCUT2D eigenvalue weighted by Crippen LogP contribution is -2.41. The molecule has 1 aromatic heterocycles. The van der Waals surface area contributed by atoms with Crippen molar-refractivity contribution in [2.24, 2.45) is 5.92 Å². The summed E-state index contributed by atoms with van der Waals surface area (Å²) in [5.74, 6) is -0.224. The molecule has 0 bridgehead atoms. The molecule has 1 atom stereocenters. The second kappa shape index (κ2) is 9.69. The van der Waals surface area contributed by atoms with E-state index in [1.54, 1.807) is 27.8 Å². The molecule has 1 fully saturated rings. The van der Waals surface area contributed by atoms with Gasteiger partial charge in [-0.2, -0.15) is 0 Å². The molecule has 31 heavy (non-hydrogen) atoms. The number of nitrogens with one attached hydrogen (secondary N) is 1. The van der Waals surface area contributed by atoms with E-state index in [0.717, 1.165) is 18.4 Å². The third-order valence-corrected chi connectivity index (χ3v) is 6.16. The highest BCUT2D eigenvalue weighted by molar-refractivity contribution is 6.30. The first-order valence-corrected chi connectivity index (χ1v) is 11.2. The van der Waals surface area contributed by atoms with Crippen LogP contribution in [0.5, 0.6) is 0 Å². The minimum atomic E-state index is -0.527. The molecular weight excluding hydrogens is 414 g/mol. The van der Waals surface area contributed by atoms with Crippen molar-refractivity contribution >= 4 is 23.4 Å². The number of nitrogens with zero attached hydrogens (tertiary/aromatic N) is 2. The molecular formula is C24H30ClN3O3. The average molecular weight is 444 g/mol. The lowest BCUT2D eigenvalue weighted by molar-refractivity contribution is 0.0695. The van der Waals surface area contributed by atoms with Crippen LogP contribution < -0.4 is 10.7 Å². The molecule has 0 spiro atoms. The summed E-state index contributed by atoms with van der Waals surface area (Å²) in [5.41, 5.74) is 0.374. The van der Waals surface area contributed by atoms with Gasteiger partial charge in [-0.3, -0.25) is 14.4 Å². The molecule has 7 heteroatoms. The first kappa shape index (κ1) is 23.1. The zero-order chi connectivity index (χ0) is 22.7. The second-order valence-corrected chi connectivity index (χ2v) is 9.11. The number of pyridine rings is 1. The highest BCUT2D eigenvalue weighted by Crippen LogP contribution is 2.19. The van der Waals surface area contributed by atoms with Gasteiger partial charge in [0.05, 0.1) is 6.04 Å². The molecule has 1 aliphatic rings. The van der Waals surface area contributed by atoms with E-state index in [1.165, 1.54) is 6.20 Å². The number of halogens is 1. The van der Waals surface area contributed by atoms with Crippen molar-refractivity contribution in [3.8, 4) is 0 Å². The maximum absolute atomic E-state index is 13.2. The van der Waals surface area contributed by atoms with Gasteiger partial charge in [0.2, 0.25) is 5.43 Å². The van der Waals surface area contributed by atoms with Crippen LogP contribution in [0.3, 0.4) is 0 Å². The summed E-state index contributed by atoms with van der Waals surface area (Å²) < 4.78 is 1.75. The Morgan fingerprint density at radius 1 is 1.03 bits per heavy atom. The number of likely N-dealkylation sites (tertiary alicyclic amines) is 1. The van der Waals surface area contributed by atoms with E-state index < -0.39 is 11.3 Å². The largest absolute Gasteiger partial charge is 0.350 e. The van der Waals surface area contributed by atoms with Crippen LogP contribution in [-0.2, 0) is 0 Å². The molecule has 6 nitrogen and oxygen atoms in total. The molecule has 2 heterocycles. The van der Waals surface area contributed by atoms with Crippen molar-refractivity contribution in [1.82, 2.24) is 14.8 Å². The molecule has 1 aromatic carbocycles. The number of amides is 2. The first-order chi connectivity index (χ1) is 14.7. The van der Waals surface area contributed by atoms with Gasteiger partial charge in [-0.1, -0.05) is 30.7 Å². The fraction of sp³-hybridized carbons (Fsp3) is 0.458. The summed E-state index contributed by atoms with van der Waals surface area (Å²) in [7, 11) is 0. The van der Waals surface area contributed by atoms with Crippen molar-refractivity contribution in [2.75, 3.05) is 13.1 Å². The Labute approximate surface area is 188 Å². The summed E-state index contributed by atoms with van der Waals surface area (Å²) in [6, 6.07) is 6.84. The summed E-state index contributed by atoms with van der Waals surface area (Å²) in [4.78, 5) is 41.0. The number of piperidine rings is 1. The molecule has 2 aromatic rings. The van der Waals surface area contributed by atoms with Crippen molar-refractivity contribution in [3.63, 3.8) is 0 Å². The summed E-state index contributed by atoms with van der Waals surface area (Å²) in [6.07, 6.45) is 4.95. The topological polar surface area (TPSA) is 71.4 Å². The lowest BCUT2D eigenvalue weighted by atomic mass is 9.98. The molecule has 1 aliphatic heterocycles. The van der Waals surface area contributed by atoms with Gasteiger partial charge in [0, 0.05) is 36.5 Å². The van der Waals surface area contributed by atoms with Gasteiger partial charge in [-0.05, 0) is 57.2 Å². The Bertz CT molecular complexity index is 1010. The predicted molar refractivity (Wildman–Crippen MR) is 123 cm³/mol. The molecule has 0 radical (unpaired) electrons. The van der Waals surface area contributed by atoms with E-state index in [2.05, 4.69) is 12.2 Å². The zero-order valence-electron chi connectivity index (χ0n) is 18.5. The number of carbonyl (C=O) groups excluding carboxylic acids is 2. The van der Waals surface area contributed by atoms with Crippen molar-refractivity contribution in [2.45, 2.75) is 52.6 Å². The molecule has 3 rings (SSSR count). The fourth-order valence-corrected chi connectivity index (χ4v) is 3.83. The van der Waals surface area contributed by atoms with E-state index in [9.17, 15) is 14.4 Å². The minimum Gasteiger partial charge on any atom is -0.350 e. The SMILES string of the molecule is CC1CCN(C(=O)c2cn(C(C)C)cc(C(=O)NC(C)c3ccc(Cl)cc3)c2=O)CC1. The molecule has 1 unspecified atom stereocenters. The van der Waals surface area contributed by atoms with Gasteiger partial charge in [-0.25, -0.2) is 0 Å². The van der Waals surface area contributed by atoms with E-state index in [1.807, 2.05) is 32.9 Å². The number of hydrogen-bond donors (Lipinski definition) is 1. The van der Waals surface area contributed by atoms with Crippen molar-refractivity contribution in [3.05, 3.63) is 68.6 Å². The van der Waals surface area contributed by atoms with Gasteiger partial charge in [0.15, 0.2) is 0 Å².